The second kappa shape index (κ2) is 2.83. The van der Waals surface area contributed by atoms with E-state index in [0.29, 0.717) is 11.8 Å². The lowest BCUT2D eigenvalue weighted by Crippen LogP contribution is -2.43. The average molecular weight is 153 g/mol. The molecule has 11 heavy (non-hydrogen) atoms. The van der Waals surface area contributed by atoms with Crippen molar-refractivity contribution in [1.29, 1.82) is 5.26 Å². The van der Waals surface area contributed by atoms with E-state index in [4.69, 9.17) is 10.00 Å². The van der Waals surface area contributed by atoms with E-state index in [-0.39, 0.29) is 5.41 Å². The third kappa shape index (κ3) is 1.25. The Morgan fingerprint density at radius 3 is 2.18 bits per heavy atom. The van der Waals surface area contributed by atoms with Crippen LogP contribution in [0.15, 0.2) is 0 Å². The van der Waals surface area contributed by atoms with Gasteiger partial charge in [0.2, 0.25) is 0 Å². The molecular formula is C9H15NO. The summed E-state index contributed by atoms with van der Waals surface area (Å²) in [6.45, 7) is 7.76. The van der Waals surface area contributed by atoms with E-state index in [1.54, 1.807) is 0 Å². The zero-order valence-electron chi connectivity index (χ0n) is 7.42. The number of nitriles is 1. The summed E-state index contributed by atoms with van der Waals surface area (Å²) in [7, 11) is 0. The van der Waals surface area contributed by atoms with Gasteiger partial charge in [0.05, 0.1) is 24.7 Å². The molecule has 1 fully saturated rings. The maximum absolute atomic E-state index is 8.99. The summed E-state index contributed by atoms with van der Waals surface area (Å²) in [5.74, 6) is 0.869. The molecule has 0 N–H and O–H groups in total. The molecule has 0 bridgehead atoms. The monoisotopic (exact) mass is 153 g/mol. The molecule has 1 rings (SSSR count). The van der Waals surface area contributed by atoms with Crippen LogP contribution in [0, 0.1) is 28.6 Å². The molecule has 0 spiro atoms. The zero-order valence-corrected chi connectivity index (χ0v) is 7.42. The van der Waals surface area contributed by atoms with Crippen molar-refractivity contribution in [3.63, 3.8) is 0 Å². The number of hydrogen-bond acceptors (Lipinski definition) is 2. The first-order valence-corrected chi connectivity index (χ1v) is 4.10. The van der Waals surface area contributed by atoms with Crippen LogP contribution in [-0.2, 0) is 4.74 Å². The molecule has 0 aliphatic carbocycles. The molecule has 2 heteroatoms. The van der Waals surface area contributed by atoms with Crippen molar-refractivity contribution in [2.75, 3.05) is 13.2 Å². The molecule has 1 heterocycles. The van der Waals surface area contributed by atoms with Crippen molar-refractivity contribution in [2.45, 2.75) is 20.8 Å². The van der Waals surface area contributed by atoms with E-state index in [1.165, 1.54) is 0 Å². The average Bonchev–Trinajstić information content (AvgIpc) is 1.83. The molecular weight excluding hydrogens is 138 g/mol. The van der Waals surface area contributed by atoms with E-state index >= 15 is 0 Å². The fourth-order valence-corrected chi connectivity index (χ4v) is 1.27. The largest absolute Gasteiger partial charge is 0.381 e. The van der Waals surface area contributed by atoms with Gasteiger partial charge in [0.1, 0.15) is 0 Å². The SMILES string of the molecule is CC(C)C(C)(C#N)C1COC1. The smallest absolute Gasteiger partial charge is 0.0694 e. The van der Waals surface area contributed by atoms with E-state index in [0.717, 1.165) is 13.2 Å². The third-order valence-corrected chi connectivity index (χ3v) is 2.93. The molecule has 1 aliphatic heterocycles. The summed E-state index contributed by atoms with van der Waals surface area (Å²) in [5.41, 5.74) is -0.182. The molecule has 0 saturated carbocycles. The number of nitrogens with zero attached hydrogens (tertiary/aromatic N) is 1. The van der Waals surface area contributed by atoms with Crippen molar-refractivity contribution in [3.05, 3.63) is 0 Å². The first-order chi connectivity index (χ1) is 5.11. The molecule has 1 unspecified atom stereocenters. The summed E-state index contributed by atoms with van der Waals surface area (Å²) < 4.78 is 5.08. The normalized spacial score (nSPS) is 23.9. The van der Waals surface area contributed by atoms with Gasteiger partial charge >= 0.3 is 0 Å². The fourth-order valence-electron chi connectivity index (χ4n) is 1.27. The lowest BCUT2D eigenvalue weighted by molar-refractivity contribution is -0.0884. The molecule has 1 saturated heterocycles. The van der Waals surface area contributed by atoms with E-state index in [2.05, 4.69) is 19.9 Å². The molecule has 0 aromatic rings. The maximum atomic E-state index is 8.99. The van der Waals surface area contributed by atoms with Gasteiger partial charge in [-0.1, -0.05) is 13.8 Å². The lowest BCUT2D eigenvalue weighted by atomic mass is 9.69. The highest BCUT2D eigenvalue weighted by Crippen LogP contribution is 2.38. The summed E-state index contributed by atoms with van der Waals surface area (Å²) in [5, 5.41) is 8.99. The van der Waals surface area contributed by atoms with Crippen LogP contribution in [0.5, 0.6) is 0 Å². The summed E-state index contributed by atoms with van der Waals surface area (Å²) in [6.07, 6.45) is 0. The Morgan fingerprint density at radius 2 is 2.09 bits per heavy atom. The molecule has 0 radical (unpaired) electrons. The number of ether oxygens (including phenoxy) is 1. The first kappa shape index (κ1) is 8.55. The van der Waals surface area contributed by atoms with Gasteiger partial charge in [0.25, 0.3) is 0 Å². The van der Waals surface area contributed by atoms with Gasteiger partial charge in [-0.25, -0.2) is 0 Å². The second-order valence-electron chi connectivity index (χ2n) is 3.78. The summed E-state index contributed by atoms with van der Waals surface area (Å²) in [6, 6.07) is 2.40. The summed E-state index contributed by atoms with van der Waals surface area (Å²) >= 11 is 0. The van der Waals surface area contributed by atoms with Crippen LogP contribution in [0.25, 0.3) is 0 Å². The maximum Gasteiger partial charge on any atom is 0.0694 e. The molecule has 2 nitrogen and oxygen atoms in total. The van der Waals surface area contributed by atoms with E-state index < -0.39 is 0 Å². The number of rotatable bonds is 2. The Labute approximate surface area is 68.2 Å². The molecule has 0 amide bonds. The zero-order chi connectivity index (χ0) is 8.48. The van der Waals surface area contributed by atoms with Crippen molar-refractivity contribution < 1.29 is 4.74 Å². The van der Waals surface area contributed by atoms with Crippen LogP contribution in [0.4, 0.5) is 0 Å². The number of hydrogen-bond donors (Lipinski definition) is 0. The topological polar surface area (TPSA) is 33.0 Å². The van der Waals surface area contributed by atoms with Crippen LogP contribution in [0.3, 0.4) is 0 Å². The van der Waals surface area contributed by atoms with E-state index in [1.807, 2.05) is 6.92 Å². The van der Waals surface area contributed by atoms with Crippen molar-refractivity contribution >= 4 is 0 Å². The minimum Gasteiger partial charge on any atom is -0.381 e. The van der Waals surface area contributed by atoms with Crippen molar-refractivity contribution in [2.24, 2.45) is 17.3 Å². The van der Waals surface area contributed by atoms with Gasteiger partial charge in [-0.05, 0) is 12.8 Å². The quantitative estimate of drug-likeness (QED) is 0.606. The minimum atomic E-state index is -0.182. The van der Waals surface area contributed by atoms with Crippen molar-refractivity contribution in [3.8, 4) is 6.07 Å². The Hall–Kier alpha value is -0.550. The minimum absolute atomic E-state index is 0.182. The molecule has 1 atom stereocenters. The van der Waals surface area contributed by atoms with Crippen LogP contribution in [0.1, 0.15) is 20.8 Å². The van der Waals surface area contributed by atoms with Gasteiger partial charge in [-0.2, -0.15) is 5.26 Å². The Morgan fingerprint density at radius 1 is 1.55 bits per heavy atom. The van der Waals surface area contributed by atoms with E-state index in [9.17, 15) is 0 Å². The first-order valence-electron chi connectivity index (χ1n) is 4.10. The highest BCUT2D eigenvalue weighted by molar-refractivity contribution is 5.03. The molecule has 1 aliphatic rings. The third-order valence-electron chi connectivity index (χ3n) is 2.93. The highest BCUT2D eigenvalue weighted by atomic mass is 16.5. The van der Waals surface area contributed by atoms with Crippen LogP contribution >= 0.6 is 0 Å². The molecule has 0 aromatic carbocycles. The Kier molecular flexibility index (Phi) is 2.20. The van der Waals surface area contributed by atoms with Gasteiger partial charge in [-0.15, -0.1) is 0 Å². The lowest BCUT2D eigenvalue weighted by Gasteiger charge is -2.40. The van der Waals surface area contributed by atoms with Crippen molar-refractivity contribution in [1.82, 2.24) is 0 Å². The van der Waals surface area contributed by atoms with Crippen LogP contribution in [0.2, 0.25) is 0 Å². The van der Waals surface area contributed by atoms with Gasteiger partial charge in [-0.3, -0.25) is 0 Å². The fraction of sp³-hybridized carbons (Fsp3) is 0.889. The second-order valence-corrected chi connectivity index (χ2v) is 3.78. The van der Waals surface area contributed by atoms with Crippen LogP contribution < -0.4 is 0 Å². The Bertz CT molecular complexity index is 178. The molecule has 62 valence electrons. The standard InChI is InChI=1S/C9H15NO/c1-7(2)9(3,6-10)8-4-11-5-8/h7-8H,4-5H2,1-3H3. The Balaban J connectivity index is 2.67. The predicted octanol–water partition coefficient (Wildman–Crippen LogP) is 1.82. The van der Waals surface area contributed by atoms with Gasteiger partial charge in [0.15, 0.2) is 0 Å². The summed E-state index contributed by atoms with van der Waals surface area (Å²) in [4.78, 5) is 0. The molecule has 0 aromatic heterocycles. The highest BCUT2D eigenvalue weighted by Gasteiger charge is 2.41. The van der Waals surface area contributed by atoms with Crippen LogP contribution in [-0.4, -0.2) is 13.2 Å². The van der Waals surface area contributed by atoms with Gasteiger partial charge < -0.3 is 4.74 Å². The predicted molar refractivity (Wildman–Crippen MR) is 42.9 cm³/mol. The van der Waals surface area contributed by atoms with Gasteiger partial charge in [0, 0.05) is 5.92 Å².